The summed E-state index contributed by atoms with van der Waals surface area (Å²) >= 11 is 6.44. The lowest BCUT2D eigenvalue weighted by molar-refractivity contribution is -0.126. The van der Waals surface area contributed by atoms with Gasteiger partial charge in [-0.05, 0) is 48.6 Å². The molecule has 2 aliphatic rings. The minimum absolute atomic E-state index is 0.0600. The molecule has 1 saturated heterocycles. The molecule has 5 heteroatoms. The highest BCUT2D eigenvalue weighted by atomic mass is 35.5. The Bertz CT molecular complexity index is 842. The molecule has 2 aromatic carbocycles. The fourth-order valence-electron chi connectivity index (χ4n) is 5.09. The Morgan fingerprint density at radius 3 is 2.79 bits per heavy atom. The minimum atomic E-state index is -0.620. The minimum Gasteiger partial charge on any atom is -0.504 e. The average molecular weight is 402 g/mol. The molecule has 1 aliphatic heterocycles. The van der Waals surface area contributed by atoms with Crippen LogP contribution < -0.4 is 4.74 Å². The summed E-state index contributed by atoms with van der Waals surface area (Å²) in [6, 6.07) is 13.6. The fourth-order valence-corrected chi connectivity index (χ4v) is 5.28. The lowest BCUT2D eigenvalue weighted by atomic mass is 9.66. The molecule has 2 N–H and O–H groups in total. The number of aromatic hydroxyl groups is 1. The van der Waals surface area contributed by atoms with Crippen LogP contribution in [0.1, 0.15) is 49.3 Å². The molecular formula is C23H28ClNO3. The van der Waals surface area contributed by atoms with E-state index in [9.17, 15) is 10.2 Å². The summed E-state index contributed by atoms with van der Waals surface area (Å²) in [5.74, 6) is 0.769. The van der Waals surface area contributed by atoms with Gasteiger partial charge in [0.25, 0.3) is 0 Å². The number of likely N-dealkylation sites (tertiary alicyclic amines) is 1. The first kappa shape index (κ1) is 19.6. The maximum absolute atomic E-state index is 11.4. The van der Waals surface area contributed by atoms with Crippen molar-refractivity contribution < 1.29 is 14.9 Å². The van der Waals surface area contributed by atoms with Crippen molar-refractivity contribution in [2.24, 2.45) is 5.92 Å². The number of phenolic OH excluding ortho intramolecular Hbond substituents is 1. The number of methoxy groups -OCH3 is 1. The number of aliphatic hydroxyl groups is 1. The van der Waals surface area contributed by atoms with Crippen molar-refractivity contribution >= 4 is 11.6 Å². The first-order chi connectivity index (χ1) is 13.5. The zero-order chi connectivity index (χ0) is 19.7. The van der Waals surface area contributed by atoms with Gasteiger partial charge in [-0.2, -0.15) is 0 Å². The Hall–Kier alpha value is -1.75. The standard InChI is InChI=1S/C23H28ClNO3/c1-28-21-14-16(9-10-20(21)26)22-18-7-4-5-11-23(18,27)12-13-25(22)15-17-6-2-3-8-19(17)24/h2-3,6,8-10,14,18,22,26-27H,4-5,7,11-13,15H2,1H3. The Labute approximate surface area is 171 Å². The predicted octanol–water partition coefficient (Wildman–Crippen LogP) is 4.92. The van der Waals surface area contributed by atoms with Crippen molar-refractivity contribution in [2.45, 2.75) is 50.3 Å². The van der Waals surface area contributed by atoms with Crippen molar-refractivity contribution in [2.75, 3.05) is 13.7 Å². The lowest BCUT2D eigenvalue weighted by Crippen LogP contribution is -2.54. The van der Waals surface area contributed by atoms with Crippen molar-refractivity contribution in [3.05, 3.63) is 58.6 Å². The van der Waals surface area contributed by atoms with E-state index >= 15 is 0 Å². The number of hydrogen-bond donors (Lipinski definition) is 2. The Balaban J connectivity index is 1.73. The van der Waals surface area contributed by atoms with E-state index in [0.717, 1.165) is 61.3 Å². The molecule has 150 valence electrons. The van der Waals surface area contributed by atoms with Crippen LogP contribution in [0.5, 0.6) is 11.5 Å². The first-order valence-electron chi connectivity index (χ1n) is 10.1. The smallest absolute Gasteiger partial charge is 0.160 e. The van der Waals surface area contributed by atoms with Crippen LogP contribution in [0, 0.1) is 5.92 Å². The second-order valence-electron chi connectivity index (χ2n) is 8.14. The van der Waals surface area contributed by atoms with Crippen LogP contribution in [-0.4, -0.2) is 34.4 Å². The van der Waals surface area contributed by atoms with E-state index in [1.165, 1.54) is 0 Å². The molecule has 0 radical (unpaired) electrons. The van der Waals surface area contributed by atoms with E-state index < -0.39 is 5.60 Å². The van der Waals surface area contributed by atoms with Crippen LogP contribution in [0.4, 0.5) is 0 Å². The van der Waals surface area contributed by atoms with Crippen LogP contribution in [0.3, 0.4) is 0 Å². The third-order valence-electron chi connectivity index (χ3n) is 6.55. The van der Waals surface area contributed by atoms with Crippen LogP contribution >= 0.6 is 11.6 Å². The largest absolute Gasteiger partial charge is 0.504 e. The summed E-state index contributed by atoms with van der Waals surface area (Å²) in [5, 5.41) is 22.2. The molecule has 4 nitrogen and oxygen atoms in total. The summed E-state index contributed by atoms with van der Waals surface area (Å²) in [4.78, 5) is 2.43. The van der Waals surface area contributed by atoms with Crippen LogP contribution in [0.25, 0.3) is 0 Å². The molecule has 0 amide bonds. The number of halogens is 1. The van der Waals surface area contributed by atoms with Gasteiger partial charge in [-0.25, -0.2) is 0 Å². The van der Waals surface area contributed by atoms with Gasteiger partial charge in [0.05, 0.1) is 12.7 Å². The van der Waals surface area contributed by atoms with Gasteiger partial charge >= 0.3 is 0 Å². The Morgan fingerprint density at radius 1 is 1.18 bits per heavy atom. The number of rotatable bonds is 4. The molecule has 2 aromatic rings. The van der Waals surface area contributed by atoms with Gasteiger partial charge in [0, 0.05) is 30.1 Å². The maximum Gasteiger partial charge on any atom is 0.160 e. The summed E-state index contributed by atoms with van der Waals surface area (Å²) in [5.41, 5.74) is 1.55. The monoisotopic (exact) mass is 401 g/mol. The summed E-state index contributed by atoms with van der Waals surface area (Å²) in [7, 11) is 1.57. The number of ether oxygens (including phenoxy) is 1. The van der Waals surface area contributed by atoms with Crippen LogP contribution in [0.2, 0.25) is 5.02 Å². The zero-order valence-electron chi connectivity index (χ0n) is 16.3. The molecular weight excluding hydrogens is 374 g/mol. The molecule has 1 aliphatic carbocycles. The SMILES string of the molecule is COc1cc(C2C3CCCCC3(O)CCN2Cc2ccccc2Cl)ccc1O. The van der Waals surface area contributed by atoms with Gasteiger partial charge < -0.3 is 14.9 Å². The number of phenols is 1. The van der Waals surface area contributed by atoms with Crippen molar-refractivity contribution in [1.82, 2.24) is 4.90 Å². The molecule has 0 spiro atoms. The quantitative estimate of drug-likeness (QED) is 0.763. The van der Waals surface area contributed by atoms with E-state index in [-0.39, 0.29) is 17.7 Å². The third-order valence-corrected chi connectivity index (χ3v) is 6.92. The normalized spacial score (nSPS) is 28.0. The number of fused-ring (bicyclic) bond motifs is 1. The van der Waals surface area contributed by atoms with Gasteiger partial charge in [0.1, 0.15) is 0 Å². The Kier molecular flexibility index (Phi) is 5.55. The Morgan fingerprint density at radius 2 is 2.00 bits per heavy atom. The van der Waals surface area contributed by atoms with E-state index in [1.807, 2.05) is 30.3 Å². The first-order valence-corrected chi connectivity index (χ1v) is 10.5. The molecule has 28 heavy (non-hydrogen) atoms. The van der Waals surface area contributed by atoms with Crippen molar-refractivity contribution in [1.29, 1.82) is 0 Å². The van der Waals surface area contributed by atoms with E-state index in [0.29, 0.717) is 5.75 Å². The average Bonchev–Trinajstić information content (AvgIpc) is 2.70. The third kappa shape index (κ3) is 3.61. The molecule has 0 bridgehead atoms. The molecule has 3 unspecified atom stereocenters. The zero-order valence-corrected chi connectivity index (χ0v) is 17.0. The van der Waals surface area contributed by atoms with E-state index in [1.54, 1.807) is 13.2 Å². The summed E-state index contributed by atoms with van der Waals surface area (Å²) in [6.45, 7) is 1.55. The lowest BCUT2D eigenvalue weighted by Gasteiger charge is -2.53. The fraction of sp³-hybridized carbons (Fsp3) is 0.478. The van der Waals surface area contributed by atoms with Gasteiger partial charge in [-0.15, -0.1) is 0 Å². The number of benzene rings is 2. The highest BCUT2D eigenvalue weighted by molar-refractivity contribution is 6.31. The maximum atomic E-state index is 11.4. The highest BCUT2D eigenvalue weighted by Gasteiger charge is 2.49. The summed E-state index contributed by atoms with van der Waals surface area (Å²) in [6.07, 6.45) is 4.88. The molecule has 4 rings (SSSR count). The summed E-state index contributed by atoms with van der Waals surface area (Å²) < 4.78 is 5.36. The molecule has 1 saturated carbocycles. The van der Waals surface area contributed by atoms with Gasteiger partial charge in [-0.1, -0.05) is 48.7 Å². The number of hydrogen-bond acceptors (Lipinski definition) is 4. The van der Waals surface area contributed by atoms with Gasteiger partial charge in [0.15, 0.2) is 11.5 Å². The van der Waals surface area contributed by atoms with Gasteiger partial charge in [-0.3, -0.25) is 4.90 Å². The predicted molar refractivity (Wildman–Crippen MR) is 111 cm³/mol. The van der Waals surface area contributed by atoms with E-state index in [2.05, 4.69) is 11.0 Å². The van der Waals surface area contributed by atoms with E-state index in [4.69, 9.17) is 16.3 Å². The topological polar surface area (TPSA) is 52.9 Å². The second kappa shape index (κ2) is 7.94. The second-order valence-corrected chi connectivity index (χ2v) is 8.55. The molecule has 0 aromatic heterocycles. The van der Waals surface area contributed by atoms with Crippen LogP contribution in [0.15, 0.2) is 42.5 Å². The molecule has 1 heterocycles. The molecule has 3 atom stereocenters. The highest BCUT2D eigenvalue weighted by Crippen LogP contribution is 2.50. The van der Waals surface area contributed by atoms with Crippen molar-refractivity contribution in [3.8, 4) is 11.5 Å². The molecule has 2 fully saturated rings. The number of piperidine rings is 1. The van der Waals surface area contributed by atoms with Gasteiger partial charge in [0.2, 0.25) is 0 Å². The van der Waals surface area contributed by atoms with Crippen molar-refractivity contribution in [3.63, 3.8) is 0 Å². The van der Waals surface area contributed by atoms with Crippen LogP contribution in [-0.2, 0) is 6.54 Å². The number of nitrogens with zero attached hydrogens (tertiary/aromatic N) is 1.